The molecule has 0 N–H and O–H groups in total. The molecule has 0 fully saturated rings. The molecule has 184 valence electrons. The third-order valence-electron chi connectivity index (χ3n) is 5.31. The van der Waals surface area contributed by atoms with Crippen LogP contribution in [0, 0.1) is 0 Å². The van der Waals surface area contributed by atoms with E-state index in [0.29, 0.717) is 47.4 Å². The van der Waals surface area contributed by atoms with E-state index in [1.54, 1.807) is 39.8 Å². The van der Waals surface area contributed by atoms with Gasteiger partial charge in [-0.2, -0.15) is 4.57 Å². The molecule has 0 radical (unpaired) electrons. The quantitative estimate of drug-likeness (QED) is 0.168. The number of ether oxygens (including phenoxy) is 1. The Bertz CT molecular complexity index is 1610. The monoisotopic (exact) mass is 556 g/mol. The van der Waals surface area contributed by atoms with Crippen molar-refractivity contribution < 1.29 is 91.0 Å². The molecule has 0 bridgehead atoms. The van der Waals surface area contributed by atoms with E-state index in [1.165, 1.54) is 36.4 Å². The normalized spacial score (nSPS) is 15.1. The summed E-state index contributed by atoms with van der Waals surface area (Å²) in [7, 11) is -9.16. The van der Waals surface area contributed by atoms with Crippen molar-refractivity contribution in [2.75, 3.05) is 11.4 Å². The third kappa shape index (κ3) is 6.01. The summed E-state index contributed by atoms with van der Waals surface area (Å²) in [6, 6.07) is 7.90. The van der Waals surface area contributed by atoms with Crippen molar-refractivity contribution in [3.63, 3.8) is 0 Å². The molecule has 10 nitrogen and oxygen atoms in total. The van der Waals surface area contributed by atoms with E-state index in [-0.39, 0.29) is 61.2 Å². The van der Waals surface area contributed by atoms with Crippen LogP contribution in [-0.2, 0) is 26.8 Å². The zero-order valence-corrected chi connectivity index (χ0v) is 24.5. The van der Waals surface area contributed by atoms with Gasteiger partial charge in [0.2, 0.25) is 11.5 Å². The second kappa shape index (κ2) is 11.3. The van der Waals surface area contributed by atoms with Gasteiger partial charge in [0.1, 0.15) is 26.8 Å². The van der Waals surface area contributed by atoms with Crippen molar-refractivity contribution in [3.8, 4) is 5.75 Å². The Morgan fingerprint density at radius 1 is 0.944 bits per heavy atom. The maximum absolute atomic E-state index is 11.3. The summed E-state index contributed by atoms with van der Waals surface area (Å²) in [6.07, 6.45) is 8.54. The molecule has 0 saturated heterocycles. The number of oxazole rings is 1. The average Bonchev–Trinajstić information content (AvgIpc) is 3.33. The number of hydrogen-bond acceptors (Lipinski definition) is 9. The van der Waals surface area contributed by atoms with E-state index in [9.17, 15) is 25.9 Å². The third-order valence-corrected chi connectivity index (χ3v) is 6.98. The number of aryl methyl sites for hydroxylation is 1. The van der Waals surface area contributed by atoms with Gasteiger partial charge in [0.05, 0.1) is 21.6 Å². The van der Waals surface area contributed by atoms with Gasteiger partial charge in [-0.25, -0.2) is 16.8 Å². The van der Waals surface area contributed by atoms with Crippen LogP contribution in [0.4, 0.5) is 5.69 Å². The van der Waals surface area contributed by atoms with Crippen molar-refractivity contribution in [1.82, 2.24) is 0 Å². The van der Waals surface area contributed by atoms with E-state index >= 15 is 0 Å². The van der Waals surface area contributed by atoms with Crippen LogP contribution in [0.1, 0.15) is 19.7 Å². The molecule has 2 heterocycles. The first kappa shape index (κ1) is 28.8. The summed E-state index contributed by atoms with van der Waals surface area (Å²) in [6.45, 7) is 4.70. The first-order chi connectivity index (χ1) is 16.5. The predicted octanol–water partition coefficient (Wildman–Crippen LogP) is -0.118. The summed E-state index contributed by atoms with van der Waals surface area (Å²) < 4.78 is 81.3. The van der Waals surface area contributed by atoms with Crippen molar-refractivity contribution in [1.29, 1.82) is 0 Å². The van der Waals surface area contributed by atoms with Crippen molar-refractivity contribution in [2.24, 2.45) is 0 Å². The van der Waals surface area contributed by atoms with Crippen LogP contribution in [0.2, 0.25) is 0 Å². The van der Waals surface area contributed by atoms with Crippen LogP contribution >= 0.6 is 0 Å². The molecule has 0 amide bonds. The molecule has 36 heavy (non-hydrogen) atoms. The Hall–Kier alpha value is -1.81. The number of allylic oxidation sites excluding steroid dienone is 4. The molecule has 4 rings (SSSR count). The number of nitrogens with zero attached hydrogens (tertiary/aromatic N) is 2. The number of benzene rings is 2. The van der Waals surface area contributed by atoms with E-state index in [4.69, 9.17) is 9.15 Å². The minimum Gasteiger partial charge on any atom is -0.744 e. The van der Waals surface area contributed by atoms with Gasteiger partial charge in [-0.3, -0.25) is 0 Å². The van der Waals surface area contributed by atoms with Crippen LogP contribution in [0.5, 0.6) is 5.75 Å². The SMILES string of the molecule is CCN1C(=CC=CC=Cc2oc3ccc(S(=O)(=O)[O-])cc3[n+]2CC)Oc2ccc(S(=O)(=O)[O-])cc21.[K+]. The molecule has 3 aromatic rings. The second-order valence-electron chi connectivity index (χ2n) is 7.45. The first-order valence-corrected chi connectivity index (χ1v) is 13.4. The molecule has 13 heteroatoms. The number of rotatable bonds is 7. The Labute approximate surface area is 251 Å². The minimum absolute atomic E-state index is 0. The predicted molar refractivity (Wildman–Crippen MR) is 124 cm³/mol. The Morgan fingerprint density at radius 2 is 1.61 bits per heavy atom. The molecule has 1 aliphatic heterocycles. The van der Waals surface area contributed by atoms with Gasteiger partial charge in [-0.15, -0.1) is 0 Å². The maximum Gasteiger partial charge on any atom is 1.00 e. The molecule has 2 aromatic carbocycles. The topological polar surface area (TPSA) is 144 Å². The van der Waals surface area contributed by atoms with Gasteiger partial charge in [0, 0.05) is 12.6 Å². The minimum atomic E-state index is -4.58. The zero-order valence-electron chi connectivity index (χ0n) is 19.7. The first-order valence-electron chi connectivity index (χ1n) is 10.6. The van der Waals surface area contributed by atoms with E-state index in [1.807, 2.05) is 13.8 Å². The van der Waals surface area contributed by atoms with Gasteiger partial charge in [0.15, 0.2) is 5.75 Å². The zero-order chi connectivity index (χ0) is 25.4. The summed E-state index contributed by atoms with van der Waals surface area (Å²) in [5, 5.41) is 0. The van der Waals surface area contributed by atoms with Crippen molar-refractivity contribution in [3.05, 3.63) is 72.5 Å². The number of anilines is 1. The van der Waals surface area contributed by atoms with E-state index in [2.05, 4.69) is 0 Å². The number of aromatic nitrogens is 1. The average molecular weight is 557 g/mol. The Kier molecular flexibility index (Phi) is 9.02. The second-order valence-corrected chi connectivity index (χ2v) is 10.2. The fourth-order valence-corrected chi connectivity index (χ4v) is 4.69. The van der Waals surface area contributed by atoms with Crippen LogP contribution in [0.15, 0.2) is 80.8 Å². The Morgan fingerprint density at radius 3 is 2.25 bits per heavy atom. The van der Waals surface area contributed by atoms with Gasteiger partial charge >= 0.3 is 57.3 Å². The summed E-state index contributed by atoms with van der Waals surface area (Å²) in [5.41, 5.74) is 1.43. The molecular weight excluding hydrogens is 535 g/mol. The van der Waals surface area contributed by atoms with E-state index in [0.717, 1.165) is 0 Å². The van der Waals surface area contributed by atoms with Gasteiger partial charge in [0.25, 0.3) is 5.52 Å². The van der Waals surface area contributed by atoms with Crippen LogP contribution in [0.3, 0.4) is 0 Å². The van der Waals surface area contributed by atoms with Crippen molar-refractivity contribution >= 4 is 43.1 Å². The summed E-state index contributed by atoms with van der Waals surface area (Å²) in [4.78, 5) is 1.09. The fourth-order valence-electron chi connectivity index (χ4n) is 3.71. The van der Waals surface area contributed by atoms with Gasteiger partial charge in [-0.1, -0.05) is 18.2 Å². The molecule has 1 aromatic heterocycles. The van der Waals surface area contributed by atoms with Gasteiger partial charge in [-0.05, 0) is 50.3 Å². The summed E-state index contributed by atoms with van der Waals surface area (Å²) >= 11 is 0. The number of hydrogen-bond donors (Lipinski definition) is 0. The molecule has 0 spiro atoms. The van der Waals surface area contributed by atoms with Crippen LogP contribution in [-0.4, -0.2) is 32.5 Å². The van der Waals surface area contributed by atoms with Crippen molar-refractivity contribution in [2.45, 2.75) is 30.2 Å². The fraction of sp³-hybridized carbons (Fsp3) is 0.174. The molecule has 0 aliphatic carbocycles. The molecule has 1 aliphatic rings. The Balaban J connectivity index is 0.00000361. The maximum atomic E-state index is 11.3. The van der Waals surface area contributed by atoms with Gasteiger partial charge < -0.3 is 23.2 Å². The van der Waals surface area contributed by atoms with Crippen LogP contribution in [0.25, 0.3) is 17.2 Å². The molecular formula is C23H21KN2O8S2. The standard InChI is InChI=1S/C23H22N2O8S2.K/c1-3-24-18-14-16(34(26,27)28)10-12-20(18)32-22(24)8-6-5-7-9-23-25(4-2)19-15-17(35(29,30)31)11-13-21(19)33-23;/h5-15H,3-4H2,1-2H3,(H-,26,27,28,29,30,31);/q;+1/p-1. The molecule has 0 unspecified atom stereocenters. The smallest absolute Gasteiger partial charge is 0.744 e. The molecule has 0 atom stereocenters. The largest absolute Gasteiger partial charge is 1.00 e. The summed E-state index contributed by atoms with van der Waals surface area (Å²) in [5.74, 6) is 1.37. The number of fused-ring (bicyclic) bond motifs is 2. The molecule has 0 saturated carbocycles. The van der Waals surface area contributed by atoms with E-state index < -0.39 is 20.2 Å². The van der Waals surface area contributed by atoms with Crippen LogP contribution < -0.4 is 65.6 Å².